The van der Waals surface area contributed by atoms with Crippen molar-refractivity contribution in [2.45, 2.75) is 6.92 Å². The van der Waals surface area contributed by atoms with Gasteiger partial charge < -0.3 is 4.57 Å². The van der Waals surface area contributed by atoms with E-state index in [1.54, 1.807) is 6.92 Å². The molecule has 0 aliphatic carbocycles. The molecular weight excluding hydrogens is 246 g/mol. The maximum Gasteiger partial charge on any atom is 0.161 e. The number of hydrogen-bond donors (Lipinski definition) is 0. The lowest BCUT2D eigenvalue weighted by Gasteiger charge is -2.05. The monoisotopic (exact) mass is 261 g/mol. The second-order valence-electron chi connectivity index (χ2n) is 4.78. The van der Waals surface area contributed by atoms with Crippen molar-refractivity contribution < 1.29 is 4.79 Å². The van der Waals surface area contributed by atoms with E-state index in [2.05, 4.69) is 36.4 Å². The van der Waals surface area contributed by atoms with E-state index in [9.17, 15) is 4.79 Å². The number of ketones is 1. The largest absolute Gasteiger partial charge is 0.323 e. The summed E-state index contributed by atoms with van der Waals surface area (Å²) in [5.74, 6) is 0.0876. The fourth-order valence-electron chi connectivity index (χ4n) is 2.22. The second kappa shape index (κ2) is 5.17. The predicted octanol–water partition coefficient (Wildman–Crippen LogP) is 4.35. The molecule has 0 unspecified atom stereocenters. The highest BCUT2D eigenvalue weighted by Gasteiger charge is 2.03. The number of hydrogen-bond acceptors (Lipinski definition) is 1. The third-order valence-electron chi connectivity index (χ3n) is 3.37. The second-order valence-corrected chi connectivity index (χ2v) is 4.78. The van der Waals surface area contributed by atoms with Gasteiger partial charge in [-0.3, -0.25) is 4.79 Å². The standard InChI is InChI=1S/C18H15NO/c1-14(20)17-11-12-19(13-17)18-9-7-16(8-10-18)15-5-3-2-4-6-15/h2-13H,1H3. The maximum atomic E-state index is 11.3. The van der Waals surface area contributed by atoms with E-state index in [0.29, 0.717) is 0 Å². The third-order valence-corrected chi connectivity index (χ3v) is 3.37. The van der Waals surface area contributed by atoms with Crippen LogP contribution in [0.1, 0.15) is 17.3 Å². The summed E-state index contributed by atoms with van der Waals surface area (Å²) in [4.78, 5) is 11.3. The van der Waals surface area contributed by atoms with Crippen LogP contribution < -0.4 is 0 Å². The van der Waals surface area contributed by atoms with Gasteiger partial charge in [-0.1, -0.05) is 42.5 Å². The van der Waals surface area contributed by atoms with Crippen molar-refractivity contribution in [3.63, 3.8) is 0 Å². The molecule has 98 valence electrons. The number of rotatable bonds is 3. The van der Waals surface area contributed by atoms with E-state index in [1.807, 2.05) is 41.2 Å². The molecule has 2 heteroatoms. The van der Waals surface area contributed by atoms with Crippen molar-refractivity contribution in [3.8, 4) is 16.8 Å². The molecule has 2 nitrogen and oxygen atoms in total. The molecule has 0 radical (unpaired) electrons. The molecule has 0 N–H and O–H groups in total. The van der Waals surface area contributed by atoms with Crippen LogP contribution in [-0.2, 0) is 0 Å². The summed E-state index contributed by atoms with van der Waals surface area (Å²) in [7, 11) is 0. The van der Waals surface area contributed by atoms with Crippen molar-refractivity contribution in [2.75, 3.05) is 0 Å². The van der Waals surface area contributed by atoms with Crippen LogP contribution in [0.3, 0.4) is 0 Å². The van der Waals surface area contributed by atoms with E-state index >= 15 is 0 Å². The zero-order valence-corrected chi connectivity index (χ0v) is 11.3. The fourth-order valence-corrected chi connectivity index (χ4v) is 2.22. The lowest BCUT2D eigenvalue weighted by molar-refractivity contribution is 0.101. The molecule has 2 aromatic carbocycles. The molecule has 20 heavy (non-hydrogen) atoms. The van der Waals surface area contributed by atoms with Gasteiger partial charge in [0, 0.05) is 23.6 Å². The predicted molar refractivity (Wildman–Crippen MR) is 81.2 cm³/mol. The van der Waals surface area contributed by atoms with Crippen LogP contribution >= 0.6 is 0 Å². The first-order valence-corrected chi connectivity index (χ1v) is 6.59. The summed E-state index contributed by atoms with van der Waals surface area (Å²) in [6.07, 6.45) is 3.77. The summed E-state index contributed by atoms with van der Waals surface area (Å²) in [6, 6.07) is 20.4. The highest BCUT2D eigenvalue weighted by atomic mass is 16.1. The van der Waals surface area contributed by atoms with Gasteiger partial charge in [0.1, 0.15) is 0 Å². The van der Waals surface area contributed by atoms with Gasteiger partial charge >= 0.3 is 0 Å². The van der Waals surface area contributed by atoms with Crippen LogP contribution in [0.4, 0.5) is 0 Å². The average molecular weight is 261 g/mol. The molecule has 0 atom stereocenters. The molecule has 1 heterocycles. The number of nitrogens with zero attached hydrogens (tertiary/aromatic N) is 1. The lowest BCUT2D eigenvalue weighted by Crippen LogP contribution is -1.91. The Labute approximate surface area is 118 Å². The first-order valence-electron chi connectivity index (χ1n) is 6.59. The summed E-state index contributed by atoms with van der Waals surface area (Å²) < 4.78 is 1.96. The minimum absolute atomic E-state index is 0.0876. The van der Waals surface area contributed by atoms with Crippen molar-refractivity contribution in [2.24, 2.45) is 0 Å². The number of benzene rings is 2. The van der Waals surface area contributed by atoms with Gasteiger partial charge in [-0.05, 0) is 36.2 Å². The molecule has 0 saturated carbocycles. The fraction of sp³-hybridized carbons (Fsp3) is 0.0556. The Bertz CT molecular complexity index is 724. The minimum Gasteiger partial charge on any atom is -0.323 e. The van der Waals surface area contributed by atoms with Crippen LogP contribution in [0.2, 0.25) is 0 Å². The molecule has 3 aromatic rings. The maximum absolute atomic E-state index is 11.3. The number of carbonyl (C=O) groups is 1. The first kappa shape index (κ1) is 12.4. The number of aromatic nitrogens is 1. The Hall–Kier alpha value is -2.61. The molecule has 0 aliphatic heterocycles. The highest BCUT2D eigenvalue weighted by molar-refractivity contribution is 5.93. The van der Waals surface area contributed by atoms with Gasteiger partial charge in [-0.15, -0.1) is 0 Å². The molecule has 0 amide bonds. The molecule has 0 spiro atoms. The quantitative estimate of drug-likeness (QED) is 0.642. The van der Waals surface area contributed by atoms with Crippen molar-refractivity contribution in [3.05, 3.63) is 78.6 Å². The molecule has 0 fully saturated rings. The molecule has 0 aliphatic rings. The summed E-state index contributed by atoms with van der Waals surface area (Å²) >= 11 is 0. The Morgan fingerprint density at radius 3 is 2.10 bits per heavy atom. The SMILES string of the molecule is CC(=O)c1ccn(-c2ccc(-c3ccccc3)cc2)c1. The first-order chi connectivity index (χ1) is 9.74. The van der Waals surface area contributed by atoms with Crippen LogP contribution in [0.15, 0.2) is 73.1 Å². The molecule has 1 aromatic heterocycles. The highest BCUT2D eigenvalue weighted by Crippen LogP contribution is 2.21. The van der Waals surface area contributed by atoms with Gasteiger partial charge in [0.25, 0.3) is 0 Å². The van der Waals surface area contributed by atoms with Crippen molar-refractivity contribution >= 4 is 5.78 Å². The zero-order chi connectivity index (χ0) is 13.9. The Balaban J connectivity index is 1.91. The van der Waals surface area contributed by atoms with Crippen LogP contribution in [0.5, 0.6) is 0 Å². The molecule has 0 bridgehead atoms. The Morgan fingerprint density at radius 1 is 0.850 bits per heavy atom. The molecular formula is C18H15NO. The summed E-state index contributed by atoms with van der Waals surface area (Å²) in [5.41, 5.74) is 4.18. The van der Waals surface area contributed by atoms with Crippen LogP contribution in [0.25, 0.3) is 16.8 Å². The Morgan fingerprint density at radius 2 is 1.50 bits per heavy atom. The number of Topliss-reactive ketones (excluding diaryl/α,β-unsaturated/α-hetero) is 1. The van der Waals surface area contributed by atoms with Crippen molar-refractivity contribution in [1.82, 2.24) is 4.57 Å². The average Bonchev–Trinajstić information content (AvgIpc) is 2.98. The van der Waals surface area contributed by atoms with Crippen molar-refractivity contribution in [1.29, 1.82) is 0 Å². The van der Waals surface area contributed by atoms with Gasteiger partial charge in [-0.2, -0.15) is 0 Å². The van der Waals surface area contributed by atoms with Gasteiger partial charge in [-0.25, -0.2) is 0 Å². The van der Waals surface area contributed by atoms with E-state index in [1.165, 1.54) is 11.1 Å². The topological polar surface area (TPSA) is 22.0 Å². The smallest absolute Gasteiger partial charge is 0.161 e. The third kappa shape index (κ3) is 2.41. The zero-order valence-electron chi connectivity index (χ0n) is 11.3. The normalized spacial score (nSPS) is 10.4. The van der Waals surface area contributed by atoms with E-state index in [-0.39, 0.29) is 5.78 Å². The summed E-state index contributed by atoms with van der Waals surface area (Å²) in [5, 5.41) is 0. The lowest BCUT2D eigenvalue weighted by atomic mass is 10.1. The Kier molecular flexibility index (Phi) is 3.21. The molecule has 3 rings (SSSR count). The minimum atomic E-state index is 0.0876. The van der Waals surface area contributed by atoms with E-state index < -0.39 is 0 Å². The van der Waals surface area contributed by atoms with Gasteiger partial charge in [0.15, 0.2) is 5.78 Å². The summed E-state index contributed by atoms with van der Waals surface area (Å²) in [6.45, 7) is 1.58. The van der Waals surface area contributed by atoms with E-state index in [4.69, 9.17) is 0 Å². The van der Waals surface area contributed by atoms with Gasteiger partial charge in [0.2, 0.25) is 0 Å². The molecule has 0 saturated heterocycles. The van der Waals surface area contributed by atoms with E-state index in [0.717, 1.165) is 11.3 Å². The van der Waals surface area contributed by atoms with Crippen LogP contribution in [-0.4, -0.2) is 10.4 Å². The van der Waals surface area contributed by atoms with Gasteiger partial charge in [0.05, 0.1) is 0 Å². The number of carbonyl (C=O) groups excluding carboxylic acids is 1. The van der Waals surface area contributed by atoms with Crippen LogP contribution in [0, 0.1) is 0 Å².